The molecule has 4 aromatic rings. The molecule has 8 rings (SSSR count). The molecule has 3 aromatic heterocycles. The molecule has 13 heteroatoms. The third kappa shape index (κ3) is 5.38. The quantitative estimate of drug-likeness (QED) is 0.245. The van der Waals surface area contributed by atoms with Crippen LogP contribution in [0.15, 0.2) is 42.9 Å². The molecule has 2 aliphatic heterocycles. The zero-order chi connectivity index (χ0) is 33.4. The van der Waals surface area contributed by atoms with Gasteiger partial charge in [-0.25, -0.2) is 18.2 Å². The van der Waals surface area contributed by atoms with Crippen molar-refractivity contribution in [3.63, 3.8) is 0 Å². The van der Waals surface area contributed by atoms with E-state index in [1.54, 1.807) is 23.2 Å². The van der Waals surface area contributed by atoms with Gasteiger partial charge >= 0.3 is 0 Å². The maximum Gasteiger partial charge on any atom is 0.260 e. The minimum atomic E-state index is -2.59. The predicted octanol–water partition coefficient (Wildman–Crippen LogP) is 6.03. The number of alkyl halides is 2. The van der Waals surface area contributed by atoms with Gasteiger partial charge in [0.2, 0.25) is 5.92 Å². The van der Waals surface area contributed by atoms with Crippen LogP contribution in [0.2, 0.25) is 0 Å². The Kier molecular flexibility index (Phi) is 6.89. The number of carbonyl (C=O) groups excluding carboxylic acids is 1. The van der Waals surface area contributed by atoms with Gasteiger partial charge in [-0.15, -0.1) is 10.2 Å². The van der Waals surface area contributed by atoms with Crippen LogP contribution in [0.25, 0.3) is 22.5 Å². The van der Waals surface area contributed by atoms with Gasteiger partial charge in [-0.05, 0) is 85.2 Å². The van der Waals surface area contributed by atoms with E-state index in [-0.39, 0.29) is 41.8 Å². The number of benzene rings is 1. The summed E-state index contributed by atoms with van der Waals surface area (Å²) in [5.41, 5.74) is 3.53. The number of amides is 1. The first kappa shape index (κ1) is 30.5. The zero-order valence-electron chi connectivity index (χ0n) is 26.7. The van der Waals surface area contributed by atoms with E-state index < -0.39 is 11.7 Å². The van der Waals surface area contributed by atoms with Crippen LogP contribution in [0.4, 0.5) is 24.8 Å². The zero-order valence-corrected chi connectivity index (χ0v) is 26.7. The van der Waals surface area contributed by atoms with Crippen LogP contribution in [0, 0.1) is 29.5 Å². The van der Waals surface area contributed by atoms with Gasteiger partial charge in [0, 0.05) is 61.6 Å². The van der Waals surface area contributed by atoms with Gasteiger partial charge in [0.05, 0.1) is 24.6 Å². The third-order valence-corrected chi connectivity index (χ3v) is 10.3. The van der Waals surface area contributed by atoms with E-state index in [0.29, 0.717) is 61.1 Å². The number of carbonyl (C=O) groups is 1. The molecule has 1 saturated heterocycles. The first-order valence-corrected chi connectivity index (χ1v) is 16.2. The van der Waals surface area contributed by atoms with Crippen LogP contribution >= 0.6 is 0 Å². The van der Waals surface area contributed by atoms with Crippen molar-refractivity contribution in [1.29, 1.82) is 5.26 Å². The van der Waals surface area contributed by atoms with E-state index in [9.17, 15) is 18.8 Å². The molecule has 1 amide bonds. The molecular weight excluding hydrogens is 619 g/mol. The fourth-order valence-electron chi connectivity index (χ4n) is 7.75. The molecule has 0 radical (unpaired) electrons. The molecule has 2 saturated carbocycles. The third-order valence-electron chi connectivity index (χ3n) is 10.3. The molecule has 0 atom stereocenters. The number of anilines is 2. The van der Waals surface area contributed by atoms with Gasteiger partial charge in [-0.1, -0.05) is 0 Å². The maximum atomic E-state index is 15.7. The normalized spacial score (nSPS) is 20.1. The van der Waals surface area contributed by atoms with Crippen molar-refractivity contribution in [2.24, 2.45) is 12.5 Å². The van der Waals surface area contributed by atoms with Gasteiger partial charge in [0.15, 0.2) is 5.82 Å². The first-order chi connectivity index (χ1) is 22.9. The van der Waals surface area contributed by atoms with Crippen LogP contribution < -0.4 is 10.2 Å². The number of hydrogen-bond donors (Lipinski definition) is 1. The Balaban J connectivity index is 1.13. The van der Waals surface area contributed by atoms with Crippen LogP contribution in [0.5, 0.6) is 0 Å². The van der Waals surface area contributed by atoms with Crippen molar-refractivity contribution in [2.75, 3.05) is 23.3 Å². The monoisotopic (exact) mass is 653 g/mol. The van der Waals surface area contributed by atoms with E-state index in [4.69, 9.17) is 4.98 Å². The Morgan fingerprint density at radius 3 is 2.58 bits per heavy atom. The lowest BCUT2D eigenvalue weighted by Crippen LogP contribution is -2.47. The number of nitrogens with zero attached hydrogens (tertiary/aromatic N) is 8. The fraction of sp³-hybridized carbons (Fsp3) is 0.429. The SMILES string of the molecule is Cc1cc(-c2cc(NC3(CC#N)CC3)nc(N3Cc4c(F)cc(CN5CCC6(C5)CC(F)(F)C6)cc4C3=O)c2)c(-c2nncn2C)cn1. The number of fused-ring (bicyclic) bond motifs is 1. The highest BCUT2D eigenvalue weighted by molar-refractivity contribution is 6.10. The van der Waals surface area contributed by atoms with E-state index in [1.807, 2.05) is 32.2 Å². The summed E-state index contributed by atoms with van der Waals surface area (Å²) in [6, 6.07) is 11.1. The summed E-state index contributed by atoms with van der Waals surface area (Å²) in [6.07, 6.45) is 5.82. The highest BCUT2D eigenvalue weighted by atomic mass is 19.3. The van der Waals surface area contributed by atoms with Crippen LogP contribution in [0.1, 0.15) is 65.7 Å². The van der Waals surface area contributed by atoms with E-state index in [2.05, 4.69) is 31.5 Å². The number of nitriles is 1. The van der Waals surface area contributed by atoms with Crippen LogP contribution in [-0.2, 0) is 20.1 Å². The molecule has 1 aromatic carbocycles. The summed E-state index contributed by atoms with van der Waals surface area (Å²) in [5, 5.41) is 21.3. The molecule has 48 heavy (non-hydrogen) atoms. The molecule has 2 aliphatic carbocycles. The van der Waals surface area contributed by atoms with Crippen molar-refractivity contribution in [3.8, 4) is 28.6 Å². The second kappa shape index (κ2) is 10.8. The number of likely N-dealkylation sites (tertiary alicyclic amines) is 1. The van der Waals surface area contributed by atoms with Gasteiger partial charge in [0.1, 0.15) is 23.8 Å². The largest absolute Gasteiger partial charge is 0.364 e. The molecule has 4 aliphatic rings. The lowest BCUT2D eigenvalue weighted by Gasteiger charge is -2.44. The number of rotatable bonds is 8. The summed E-state index contributed by atoms with van der Waals surface area (Å²) >= 11 is 0. The standard InChI is InChI=1S/C35H34F3N9O/c1-21-9-24(26(14-40-21)31-44-41-20-45(31)2)23-12-29(43-34(3-4-34)5-7-39)42-30(13-23)47-16-27-25(32(47)48)10-22(11-28(27)36)15-46-8-6-33(19-46)17-35(37,38)18-33/h9-14,20H,3-6,8,15-19H2,1-2H3,(H,42,43). The molecule has 246 valence electrons. The molecule has 5 heterocycles. The average Bonchev–Trinajstić information content (AvgIpc) is 3.28. The molecule has 1 spiro atoms. The highest BCUT2D eigenvalue weighted by Crippen LogP contribution is 2.56. The van der Waals surface area contributed by atoms with Crippen molar-refractivity contribution in [1.82, 2.24) is 29.6 Å². The Morgan fingerprint density at radius 2 is 1.88 bits per heavy atom. The number of pyridine rings is 2. The molecule has 3 fully saturated rings. The predicted molar refractivity (Wildman–Crippen MR) is 171 cm³/mol. The lowest BCUT2D eigenvalue weighted by molar-refractivity contribution is -0.155. The van der Waals surface area contributed by atoms with Crippen molar-refractivity contribution >= 4 is 17.5 Å². The molecule has 0 bridgehead atoms. The Labute approximate surface area is 275 Å². The Hall–Kier alpha value is -4.83. The van der Waals surface area contributed by atoms with E-state index >= 15 is 4.39 Å². The summed E-state index contributed by atoms with van der Waals surface area (Å²) < 4.78 is 44.8. The van der Waals surface area contributed by atoms with Crippen LogP contribution in [0.3, 0.4) is 0 Å². The van der Waals surface area contributed by atoms with Gasteiger partial charge in [-0.2, -0.15) is 5.26 Å². The highest BCUT2D eigenvalue weighted by Gasteiger charge is 2.58. The van der Waals surface area contributed by atoms with Gasteiger partial charge in [-0.3, -0.25) is 19.6 Å². The average molecular weight is 654 g/mol. The summed E-state index contributed by atoms with van der Waals surface area (Å²) in [4.78, 5) is 26.9. The summed E-state index contributed by atoms with van der Waals surface area (Å²) in [7, 11) is 1.85. The molecule has 1 N–H and O–H groups in total. The molecular formula is C35H34F3N9O. The number of aryl methyl sites for hydroxylation is 2. The second-order valence-corrected chi connectivity index (χ2v) is 14.1. The second-order valence-electron chi connectivity index (χ2n) is 14.1. The van der Waals surface area contributed by atoms with Crippen molar-refractivity contribution < 1.29 is 18.0 Å². The van der Waals surface area contributed by atoms with Gasteiger partial charge < -0.3 is 9.88 Å². The summed E-state index contributed by atoms with van der Waals surface area (Å²) in [5.74, 6) is -1.97. The van der Waals surface area contributed by atoms with E-state index in [1.165, 1.54) is 11.0 Å². The van der Waals surface area contributed by atoms with Crippen molar-refractivity contribution in [2.45, 2.75) is 70.0 Å². The number of hydrogen-bond acceptors (Lipinski definition) is 8. The number of aromatic nitrogens is 5. The first-order valence-electron chi connectivity index (χ1n) is 16.2. The van der Waals surface area contributed by atoms with Crippen LogP contribution in [-0.4, -0.2) is 60.1 Å². The Bertz CT molecular complexity index is 2010. The summed E-state index contributed by atoms with van der Waals surface area (Å²) in [6.45, 7) is 3.50. The van der Waals surface area contributed by atoms with Crippen molar-refractivity contribution in [3.05, 3.63) is 71.1 Å². The molecule has 10 nitrogen and oxygen atoms in total. The minimum absolute atomic E-state index is 0.00688. The lowest BCUT2D eigenvalue weighted by atomic mass is 9.65. The van der Waals surface area contributed by atoms with E-state index in [0.717, 1.165) is 35.2 Å². The Morgan fingerprint density at radius 1 is 1.06 bits per heavy atom. The fourth-order valence-corrected chi connectivity index (χ4v) is 7.75. The van der Waals surface area contributed by atoms with Gasteiger partial charge in [0.25, 0.3) is 5.91 Å². The molecule has 0 unspecified atom stereocenters. The maximum absolute atomic E-state index is 15.7. The smallest absolute Gasteiger partial charge is 0.260 e. The number of halogens is 3. The number of nitrogens with one attached hydrogen (secondary N) is 1. The topological polar surface area (TPSA) is 116 Å². The minimum Gasteiger partial charge on any atom is -0.364 e.